The second-order valence-electron chi connectivity index (χ2n) is 7.18. The van der Waals surface area contributed by atoms with E-state index in [2.05, 4.69) is 46.4 Å². The summed E-state index contributed by atoms with van der Waals surface area (Å²) in [7, 11) is 1.63. The van der Waals surface area contributed by atoms with Gasteiger partial charge in [0.05, 0.1) is 11.1 Å². The van der Waals surface area contributed by atoms with Gasteiger partial charge in [-0.25, -0.2) is 0 Å². The highest BCUT2D eigenvalue weighted by Gasteiger charge is 2.23. The van der Waals surface area contributed by atoms with E-state index >= 15 is 0 Å². The molecule has 0 radical (unpaired) electrons. The van der Waals surface area contributed by atoms with E-state index in [1.165, 1.54) is 23.6 Å². The monoisotopic (exact) mass is 396 g/mol. The van der Waals surface area contributed by atoms with Gasteiger partial charge in [0.15, 0.2) is 0 Å². The Bertz CT molecular complexity index is 847. The molecule has 1 N–H and O–H groups in total. The number of methoxy groups -OCH3 is 1. The maximum Gasteiger partial charge on any atom is 0.255 e. The molecule has 29 heavy (non-hydrogen) atoms. The molecule has 0 atom stereocenters. The third-order valence-electron chi connectivity index (χ3n) is 4.99. The van der Waals surface area contributed by atoms with E-state index in [0.717, 1.165) is 19.5 Å². The highest BCUT2D eigenvalue weighted by molar-refractivity contribution is 5.99. The molecule has 0 aliphatic carbocycles. The van der Waals surface area contributed by atoms with Crippen LogP contribution in [0.5, 0.6) is 0 Å². The smallest absolute Gasteiger partial charge is 0.255 e. The number of pyridine rings is 1. The van der Waals surface area contributed by atoms with Crippen molar-refractivity contribution < 1.29 is 14.3 Å². The van der Waals surface area contributed by atoms with Crippen LogP contribution in [0.4, 0.5) is 5.69 Å². The molecule has 2 amide bonds. The van der Waals surface area contributed by atoms with Crippen LogP contribution >= 0.6 is 0 Å². The summed E-state index contributed by atoms with van der Waals surface area (Å²) in [6, 6.07) is 10.0. The van der Waals surface area contributed by atoms with Crippen LogP contribution in [-0.2, 0) is 4.74 Å². The molecular formula is C22H28N4O3. The molecule has 154 valence electrons. The standard InChI is InChI=1S/C22H28N4O3/c1-17-5-3-6-20(13-17)25-8-10-26(11-9-25)22(28)19-14-18(15-23-16-19)21(27)24-7-4-12-29-2/h3,5-6,13-16H,4,7-12H2,1-2H3,(H,24,27). The van der Waals surface area contributed by atoms with Gasteiger partial charge in [-0.05, 0) is 37.1 Å². The molecule has 0 spiro atoms. The molecule has 0 saturated carbocycles. The van der Waals surface area contributed by atoms with Crippen LogP contribution in [0.3, 0.4) is 0 Å². The summed E-state index contributed by atoms with van der Waals surface area (Å²) >= 11 is 0. The molecule has 2 aromatic rings. The van der Waals surface area contributed by atoms with Crippen LogP contribution in [-0.4, -0.2) is 68.1 Å². The van der Waals surface area contributed by atoms with Crippen LogP contribution < -0.4 is 10.2 Å². The second-order valence-corrected chi connectivity index (χ2v) is 7.18. The van der Waals surface area contributed by atoms with Crippen molar-refractivity contribution in [2.75, 3.05) is 51.3 Å². The largest absolute Gasteiger partial charge is 0.385 e. The predicted octanol–water partition coefficient (Wildman–Crippen LogP) is 2.12. The fourth-order valence-electron chi connectivity index (χ4n) is 3.38. The average molecular weight is 396 g/mol. The van der Waals surface area contributed by atoms with Crippen molar-refractivity contribution >= 4 is 17.5 Å². The minimum absolute atomic E-state index is 0.0876. The van der Waals surface area contributed by atoms with E-state index in [9.17, 15) is 9.59 Å². The number of aryl methyl sites for hydroxylation is 1. The molecule has 7 nitrogen and oxygen atoms in total. The Morgan fingerprint density at radius 2 is 1.86 bits per heavy atom. The first-order chi connectivity index (χ1) is 14.1. The SMILES string of the molecule is COCCCNC(=O)c1cncc(C(=O)N2CCN(c3cccc(C)c3)CC2)c1. The van der Waals surface area contributed by atoms with Crippen molar-refractivity contribution in [1.29, 1.82) is 0 Å². The maximum atomic E-state index is 12.9. The molecule has 0 bridgehead atoms. The van der Waals surface area contributed by atoms with Crippen LogP contribution in [0.25, 0.3) is 0 Å². The molecule has 3 rings (SSSR count). The number of nitrogens with zero attached hydrogens (tertiary/aromatic N) is 3. The molecule has 0 unspecified atom stereocenters. The zero-order valence-electron chi connectivity index (χ0n) is 17.1. The third-order valence-corrected chi connectivity index (χ3v) is 4.99. The summed E-state index contributed by atoms with van der Waals surface area (Å²) in [6.45, 7) is 6.03. The van der Waals surface area contributed by atoms with Crippen molar-refractivity contribution in [2.45, 2.75) is 13.3 Å². The van der Waals surface area contributed by atoms with E-state index in [0.29, 0.717) is 37.4 Å². The van der Waals surface area contributed by atoms with Gasteiger partial charge in [-0.1, -0.05) is 12.1 Å². The Morgan fingerprint density at radius 3 is 2.59 bits per heavy atom. The lowest BCUT2D eigenvalue weighted by Crippen LogP contribution is -2.48. The Hall–Kier alpha value is -2.93. The summed E-state index contributed by atoms with van der Waals surface area (Å²) in [5, 5.41) is 2.82. The fraction of sp³-hybridized carbons (Fsp3) is 0.409. The number of ether oxygens (including phenoxy) is 1. The molecule has 1 aliphatic rings. The fourth-order valence-corrected chi connectivity index (χ4v) is 3.38. The van der Waals surface area contributed by atoms with E-state index in [4.69, 9.17) is 4.74 Å². The molecule has 1 aromatic heterocycles. The van der Waals surface area contributed by atoms with Crippen molar-refractivity contribution in [3.05, 3.63) is 59.4 Å². The average Bonchev–Trinajstić information content (AvgIpc) is 2.76. The van der Waals surface area contributed by atoms with Crippen molar-refractivity contribution in [3.8, 4) is 0 Å². The van der Waals surface area contributed by atoms with Gasteiger partial charge < -0.3 is 19.9 Å². The van der Waals surface area contributed by atoms with Crippen molar-refractivity contribution in [2.24, 2.45) is 0 Å². The number of carbonyl (C=O) groups is 2. The summed E-state index contributed by atoms with van der Waals surface area (Å²) in [4.78, 5) is 33.4. The maximum absolute atomic E-state index is 12.9. The Balaban J connectivity index is 1.57. The first-order valence-electron chi connectivity index (χ1n) is 9.91. The number of nitrogens with one attached hydrogen (secondary N) is 1. The molecule has 2 heterocycles. The molecular weight excluding hydrogens is 368 g/mol. The summed E-state index contributed by atoms with van der Waals surface area (Å²) < 4.78 is 4.97. The summed E-state index contributed by atoms with van der Waals surface area (Å²) in [6.07, 6.45) is 3.74. The van der Waals surface area contributed by atoms with E-state index in [-0.39, 0.29) is 11.8 Å². The van der Waals surface area contributed by atoms with Crippen LogP contribution in [0, 0.1) is 6.92 Å². The van der Waals surface area contributed by atoms with Crippen LogP contribution in [0.2, 0.25) is 0 Å². The van der Waals surface area contributed by atoms with E-state index < -0.39 is 0 Å². The van der Waals surface area contributed by atoms with Gasteiger partial charge in [0.2, 0.25) is 0 Å². The Kier molecular flexibility index (Phi) is 7.19. The highest BCUT2D eigenvalue weighted by atomic mass is 16.5. The summed E-state index contributed by atoms with van der Waals surface area (Å²) in [5.74, 6) is -0.317. The predicted molar refractivity (Wildman–Crippen MR) is 112 cm³/mol. The topological polar surface area (TPSA) is 74.8 Å². The number of hydrogen-bond donors (Lipinski definition) is 1. The zero-order chi connectivity index (χ0) is 20.6. The van der Waals surface area contributed by atoms with Gasteiger partial charge in [-0.2, -0.15) is 0 Å². The minimum atomic E-state index is -0.229. The lowest BCUT2D eigenvalue weighted by atomic mass is 10.1. The number of piperazine rings is 1. The number of anilines is 1. The summed E-state index contributed by atoms with van der Waals surface area (Å²) in [5.41, 5.74) is 3.25. The first kappa shape index (κ1) is 20.8. The zero-order valence-corrected chi connectivity index (χ0v) is 17.1. The van der Waals surface area contributed by atoms with Gasteiger partial charge in [0.25, 0.3) is 11.8 Å². The molecule has 1 aromatic carbocycles. The molecule has 7 heteroatoms. The van der Waals surface area contributed by atoms with Crippen LogP contribution in [0.1, 0.15) is 32.7 Å². The van der Waals surface area contributed by atoms with E-state index in [1.54, 1.807) is 13.2 Å². The molecule has 1 saturated heterocycles. The first-order valence-corrected chi connectivity index (χ1v) is 9.91. The minimum Gasteiger partial charge on any atom is -0.385 e. The third kappa shape index (κ3) is 5.54. The van der Waals surface area contributed by atoms with Gasteiger partial charge in [-0.3, -0.25) is 14.6 Å². The number of benzene rings is 1. The van der Waals surface area contributed by atoms with E-state index in [1.807, 2.05) is 4.90 Å². The Morgan fingerprint density at radius 1 is 1.10 bits per heavy atom. The highest BCUT2D eigenvalue weighted by Crippen LogP contribution is 2.18. The van der Waals surface area contributed by atoms with Gasteiger partial charge >= 0.3 is 0 Å². The van der Waals surface area contributed by atoms with Gasteiger partial charge in [0.1, 0.15) is 0 Å². The number of aromatic nitrogens is 1. The second kappa shape index (κ2) is 10.0. The number of hydrogen-bond acceptors (Lipinski definition) is 5. The number of amides is 2. The lowest BCUT2D eigenvalue weighted by molar-refractivity contribution is 0.0746. The van der Waals surface area contributed by atoms with Gasteiger partial charge in [0, 0.05) is 64.5 Å². The quantitative estimate of drug-likeness (QED) is 0.726. The van der Waals surface area contributed by atoms with Crippen LogP contribution in [0.15, 0.2) is 42.7 Å². The Labute approximate surface area is 171 Å². The lowest BCUT2D eigenvalue weighted by Gasteiger charge is -2.36. The molecule has 1 aliphatic heterocycles. The number of rotatable bonds is 7. The normalized spacial score (nSPS) is 14.0. The molecule has 1 fully saturated rings. The van der Waals surface area contributed by atoms with Gasteiger partial charge in [-0.15, -0.1) is 0 Å². The van der Waals surface area contributed by atoms with Crippen molar-refractivity contribution in [1.82, 2.24) is 15.2 Å². The number of carbonyl (C=O) groups excluding carboxylic acids is 2. The van der Waals surface area contributed by atoms with Crippen molar-refractivity contribution in [3.63, 3.8) is 0 Å².